The molecular weight excluding hydrogens is 466 g/mol. The number of halogens is 1. The molecule has 4 rings (SSSR count). The molecule has 0 bridgehead atoms. The van der Waals surface area contributed by atoms with Crippen molar-refractivity contribution >= 4 is 55.9 Å². The summed E-state index contributed by atoms with van der Waals surface area (Å²) in [7, 11) is 1.39. The second-order valence-corrected chi connectivity index (χ2v) is 8.19. The van der Waals surface area contributed by atoms with E-state index in [0.717, 1.165) is 0 Å². The molecule has 2 aromatic carbocycles. The van der Waals surface area contributed by atoms with Gasteiger partial charge < -0.3 is 9.47 Å². The number of amides is 1. The van der Waals surface area contributed by atoms with Crippen molar-refractivity contribution in [1.29, 1.82) is 0 Å². The van der Waals surface area contributed by atoms with E-state index in [4.69, 9.17) is 21.1 Å². The number of pyridine rings is 1. The molecule has 0 aliphatic carbocycles. The Morgan fingerprint density at radius 3 is 2.61 bits per heavy atom. The van der Waals surface area contributed by atoms with Gasteiger partial charge in [-0.05, 0) is 30.3 Å². The first kappa shape index (κ1) is 22.4. The maximum atomic E-state index is 12.8. The second-order valence-electron chi connectivity index (χ2n) is 6.75. The number of ether oxygens (including phenoxy) is 2. The summed E-state index contributed by atoms with van der Waals surface area (Å²) in [6.45, 7) is 1.21. The molecule has 0 spiro atoms. The Hall–Kier alpha value is -3.82. The third kappa shape index (κ3) is 4.69. The van der Waals surface area contributed by atoms with Crippen LogP contribution in [-0.2, 0) is 4.79 Å². The molecule has 0 aliphatic rings. The smallest absolute Gasteiger partial charge is 0.308 e. The van der Waals surface area contributed by atoms with Crippen molar-refractivity contribution in [2.45, 2.75) is 6.92 Å². The van der Waals surface area contributed by atoms with Crippen molar-refractivity contribution in [2.75, 3.05) is 12.4 Å². The van der Waals surface area contributed by atoms with Crippen LogP contribution in [-0.4, -0.2) is 34.7 Å². The number of esters is 1. The fourth-order valence-corrected chi connectivity index (χ4v) is 4.19. The summed E-state index contributed by atoms with van der Waals surface area (Å²) >= 11 is 7.33. The molecule has 0 unspecified atom stereocenters. The number of carbonyl (C=O) groups is 3. The topological polar surface area (TPSA) is 107 Å². The van der Waals surface area contributed by atoms with Gasteiger partial charge in [0.15, 0.2) is 22.4 Å². The van der Waals surface area contributed by atoms with Crippen molar-refractivity contribution in [3.05, 3.63) is 76.6 Å². The lowest BCUT2D eigenvalue weighted by molar-refractivity contribution is -0.132. The quantitative estimate of drug-likeness (QED) is 0.312. The van der Waals surface area contributed by atoms with Crippen LogP contribution in [0.3, 0.4) is 0 Å². The first-order chi connectivity index (χ1) is 15.9. The van der Waals surface area contributed by atoms with Crippen LogP contribution in [0.1, 0.15) is 33.3 Å². The van der Waals surface area contributed by atoms with E-state index in [1.807, 2.05) is 0 Å². The van der Waals surface area contributed by atoms with Gasteiger partial charge in [-0.25, -0.2) is 9.97 Å². The Balaban J connectivity index is 1.62. The number of carbonyl (C=O) groups excluding carboxylic acids is 3. The predicted octanol–water partition coefficient (Wildman–Crippen LogP) is 4.76. The van der Waals surface area contributed by atoms with Crippen molar-refractivity contribution in [1.82, 2.24) is 9.97 Å². The Labute approximate surface area is 197 Å². The first-order valence-corrected chi connectivity index (χ1v) is 10.8. The summed E-state index contributed by atoms with van der Waals surface area (Å²) in [5.41, 5.74) is 1.32. The van der Waals surface area contributed by atoms with E-state index in [1.165, 1.54) is 37.6 Å². The zero-order chi connectivity index (χ0) is 23.5. The molecule has 8 nitrogen and oxygen atoms in total. The first-order valence-electron chi connectivity index (χ1n) is 9.60. The summed E-state index contributed by atoms with van der Waals surface area (Å²) in [6, 6.07) is 13.3. The lowest BCUT2D eigenvalue weighted by Gasteiger charge is -2.11. The van der Waals surface area contributed by atoms with E-state index < -0.39 is 11.9 Å². The van der Waals surface area contributed by atoms with E-state index in [-0.39, 0.29) is 28.1 Å². The second kappa shape index (κ2) is 9.35. The molecule has 2 aromatic heterocycles. The monoisotopic (exact) mass is 481 g/mol. The minimum Gasteiger partial charge on any atom is -0.493 e. The number of thiazole rings is 1. The molecule has 0 atom stereocenters. The summed E-state index contributed by atoms with van der Waals surface area (Å²) < 4.78 is 11.0. The number of benzene rings is 2. The number of nitrogens with one attached hydrogen (secondary N) is 1. The molecule has 0 radical (unpaired) electrons. The van der Waals surface area contributed by atoms with Crippen LogP contribution >= 0.6 is 22.9 Å². The predicted molar refractivity (Wildman–Crippen MR) is 125 cm³/mol. The third-order valence-corrected chi connectivity index (χ3v) is 5.80. The summed E-state index contributed by atoms with van der Waals surface area (Å²) in [4.78, 5) is 45.5. The fraction of sp³-hybridized carbons (Fsp3) is 0.0870. The number of anilines is 1. The van der Waals surface area contributed by atoms with E-state index in [1.54, 1.807) is 42.5 Å². The van der Waals surface area contributed by atoms with Gasteiger partial charge in [-0.1, -0.05) is 35.1 Å². The van der Waals surface area contributed by atoms with E-state index in [2.05, 4.69) is 15.3 Å². The van der Waals surface area contributed by atoms with Crippen LogP contribution in [0.25, 0.3) is 10.2 Å². The molecule has 33 heavy (non-hydrogen) atoms. The van der Waals surface area contributed by atoms with Gasteiger partial charge in [-0.3, -0.25) is 19.7 Å². The van der Waals surface area contributed by atoms with Crippen LogP contribution in [0.15, 0.2) is 54.7 Å². The standard InChI is InChI=1S/C23H16ClN3O5S/c1-12(28)32-21-17(31-2)9-10-25-19(21)22(30)27-23-26-16-8-7-13(11-18(16)33-23)20(29)14-5-3-4-6-15(14)24/h3-11H,1-2H3,(H,26,27,30). The molecule has 10 heteroatoms. The normalized spacial score (nSPS) is 10.6. The third-order valence-electron chi connectivity index (χ3n) is 4.54. The summed E-state index contributed by atoms with van der Waals surface area (Å²) in [6.07, 6.45) is 1.37. The number of ketones is 1. The van der Waals surface area contributed by atoms with Gasteiger partial charge in [0.2, 0.25) is 5.75 Å². The number of rotatable bonds is 6. The Kier molecular flexibility index (Phi) is 6.34. The van der Waals surface area contributed by atoms with Crippen molar-refractivity contribution in [2.24, 2.45) is 0 Å². The molecule has 1 amide bonds. The molecular formula is C23H16ClN3O5S. The average Bonchev–Trinajstić information content (AvgIpc) is 3.20. The molecule has 1 N–H and O–H groups in total. The van der Waals surface area contributed by atoms with E-state index in [0.29, 0.717) is 26.4 Å². The van der Waals surface area contributed by atoms with E-state index in [9.17, 15) is 14.4 Å². The highest BCUT2D eigenvalue weighted by Gasteiger charge is 2.22. The molecule has 0 fully saturated rings. The van der Waals surface area contributed by atoms with Crippen molar-refractivity contribution < 1.29 is 23.9 Å². The average molecular weight is 482 g/mol. The highest BCUT2D eigenvalue weighted by atomic mass is 35.5. The maximum absolute atomic E-state index is 12.8. The minimum atomic E-state index is -0.628. The molecule has 166 valence electrons. The number of methoxy groups -OCH3 is 1. The largest absolute Gasteiger partial charge is 0.493 e. The van der Waals surface area contributed by atoms with Gasteiger partial charge in [0.25, 0.3) is 5.91 Å². The highest BCUT2D eigenvalue weighted by Crippen LogP contribution is 2.32. The zero-order valence-corrected chi connectivity index (χ0v) is 19.0. The molecule has 0 saturated carbocycles. The molecule has 0 saturated heterocycles. The number of fused-ring (bicyclic) bond motifs is 1. The highest BCUT2D eigenvalue weighted by molar-refractivity contribution is 7.22. The maximum Gasteiger partial charge on any atom is 0.308 e. The molecule has 0 aliphatic heterocycles. The lowest BCUT2D eigenvalue weighted by Crippen LogP contribution is -2.17. The SMILES string of the molecule is COc1ccnc(C(=O)Nc2nc3ccc(C(=O)c4ccccc4Cl)cc3s2)c1OC(C)=O. The summed E-state index contributed by atoms with van der Waals surface area (Å²) in [5.74, 6) is -1.35. The van der Waals surface area contributed by atoms with Crippen LogP contribution < -0.4 is 14.8 Å². The summed E-state index contributed by atoms with van der Waals surface area (Å²) in [5, 5.41) is 3.31. The van der Waals surface area contributed by atoms with Gasteiger partial charge >= 0.3 is 5.97 Å². The van der Waals surface area contributed by atoms with Gasteiger partial charge in [0, 0.05) is 30.3 Å². The van der Waals surface area contributed by atoms with Crippen LogP contribution in [0.5, 0.6) is 11.5 Å². The van der Waals surface area contributed by atoms with Crippen molar-refractivity contribution in [3.63, 3.8) is 0 Å². The number of aromatic nitrogens is 2. The van der Waals surface area contributed by atoms with Crippen LogP contribution in [0, 0.1) is 0 Å². The van der Waals surface area contributed by atoms with Gasteiger partial charge in [-0.2, -0.15) is 0 Å². The van der Waals surface area contributed by atoms with Gasteiger partial charge in [-0.15, -0.1) is 0 Å². The Morgan fingerprint density at radius 1 is 1.09 bits per heavy atom. The number of hydrogen-bond donors (Lipinski definition) is 1. The van der Waals surface area contributed by atoms with Crippen LogP contribution in [0.4, 0.5) is 5.13 Å². The Bertz CT molecular complexity index is 1400. The molecule has 4 aromatic rings. The van der Waals surface area contributed by atoms with E-state index >= 15 is 0 Å². The van der Waals surface area contributed by atoms with Crippen molar-refractivity contribution in [3.8, 4) is 11.5 Å². The fourth-order valence-electron chi connectivity index (χ4n) is 3.07. The minimum absolute atomic E-state index is 0.0845. The van der Waals surface area contributed by atoms with Gasteiger partial charge in [0.05, 0.1) is 22.3 Å². The van der Waals surface area contributed by atoms with Crippen LogP contribution in [0.2, 0.25) is 5.02 Å². The Morgan fingerprint density at radius 2 is 1.88 bits per heavy atom. The number of nitrogens with zero attached hydrogens (tertiary/aromatic N) is 2. The van der Waals surface area contributed by atoms with Gasteiger partial charge in [0.1, 0.15) is 0 Å². The lowest BCUT2D eigenvalue weighted by atomic mass is 10.0. The zero-order valence-electron chi connectivity index (χ0n) is 17.4. The molecule has 2 heterocycles. The number of hydrogen-bond acceptors (Lipinski definition) is 8.